The zero-order valence-corrected chi connectivity index (χ0v) is 16.3. The van der Waals surface area contributed by atoms with Crippen molar-refractivity contribution in [3.05, 3.63) is 52.4 Å². The third-order valence-electron chi connectivity index (χ3n) is 6.03. The number of nitrogens with one attached hydrogen (secondary N) is 1. The molecule has 1 aromatic heterocycles. The zero-order valence-electron chi connectivity index (χ0n) is 16.3. The van der Waals surface area contributed by atoms with Crippen LogP contribution in [0.25, 0.3) is 0 Å². The van der Waals surface area contributed by atoms with Gasteiger partial charge in [0.15, 0.2) is 11.5 Å². The van der Waals surface area contributed by atoms with Gasteiger partial charge in [-0.3, -0.25) is 9.59 Å². The largest absolute Gasteiger partial charge is 0.485 e. The molecule has 0 bridgehead atoms. The third-order valence-corrected chi connectivity index (χ3v) is 6.03. The average molecular weight is 395 g/mol. The predicted octanol–water partition coefficient (Wildman–Crippen LogP) is 2.56. The lowest BCUT2D eigenvalue weighted by atomic mass is 9.91. The fourth-order valence-electron chi connectivity index (χ4n) is 4.21. The van der Waals surface area contributed by atoms with E-state index >= 15 is 0 Å². The molecule has 1 aliphatic heterocycles. The molecule has 5 rings (SSSR count). The number of para-hydroxylation sites is 2. The van der Waals surface area contributed by atoms with Gasteiger partial charge < -0.3 is 14.8 Å². The number of aromatic nitrogens is 2. The molecule has 2 saturated carbocycles. The van der Waals surface area contributed by atoms with Crippen LogP contribution < -0.4 is 20.3 Å². The first-order chi connectivity index (χ1) is 14.2. The van der Waals surface area contributed by atoms with Gasteiger partial charge in [-0.15, -0.1) is 0 Å². The van der Waals surface area contributed by atoms with Crippen LogP contribution in [0.4, 0.5) is 0 Å². The molecule has 1 aromatic carbocycles. The maximum atomic E-state index is 12.6. The van der Waals surface area contributed by atoms with E-state index in [1.165, 1.54) is 12.8 Å². The molecule has 2 fully saturated rings. The van der Waals surface area contributed by atoms with E-state index in [4.69, 9.17) is 9.47 Å². The van der Waals surface area contributed by atoms with Crippen molar-refractivity contribution >= 4 is 5.91 Å². The summed E-state index contributed by atoms with van der Waals surface area (Å²) in [5.41, 5.74) is 1.00. The second-order valence-electron chi connectivity index (χ2n) is 8.19. The molecule has 7 heteroatoms. The van der Waals surface area contributed by atoms with Crippen LogP contribution in [0, 0.1) is 0 Å². The number of benzene rings is 1. The Morgan fingerprint density at radius 3 is 2.52 bits per heavy atom. The lowest BCUT2D eigenvalue weighted by Gasteiger charge is -2.31. The van der Waals surface area contributed by atoms with Crippen LogP contribution in [0.2, 0.25) is 0 Å². The first-order valence-electron chi connectivity index (χ1n) is 10.5. The molecule has 2 aromatic rings. The number of hydrogen-bond acceptors (Lipinski definition) is 5. The molecule has 1 amide bonds. The van der Waals surface area contributed by atoms with Gasteiger partial charge in [0, 0.05) is 18.0 Å². The van der Waals surface area contributed by atoms with E-state index in [2.05, 4.69) is 10.4 Å². The van der Waals surface area contributed by atoms with Crippen LogP contribution in [0.1, 0.15) is 56.2 Å². The van der Waals surface area contributed by atoms with Gasteiger partial charge in [0.2, 0.25) is 6.10 Å². The quantitative estimate of drug-likeness (QED) is 0.860. The molecular weight excluding hydrogens is 370 g/mol. The second-order valence-corrected chi connectivity index (χ2v) is 8.19. The van der Waals surface area contributed by atoms with Crippen LogP contribution in [0.5, 0.6) is 11.5 Å². The number of ether oxygens (including phenoxy) is 2. The van der Waals surface area contributed by atoms with Crippen molar-refractivity contribution in [2.75, 3.05) is 6.61 Å². The highest BCUT2D eigenvalue weighted by Gasteiger charge is 2.31. The van der Waals surface area contributed by atoms with Gasteiger partial charge in [-0.05, 0) is 56.7 Å². The normalized spacial score (nSPS) is 26.0. The van der Waals surface area contributed by atoms with Crippen molar-refractivity contribution in [3.8, 4) is 11.5 Å². The van der Waals surface area contributed by atoms with Crippen LogP contribution >= 0.6 is 0 Å². The molecular formula is C22H25N3O4. The summed E-state index contributed by atoms with van der Waals surface area (Å²) in [5.74, 6) is 1.65. The minimum Gasteiger partial charge on any atom is -0.485 e. The van der Waals surface area contributed by atoms with E-state index in [0.717, 1.165) is 31.4 Å². The summed E-state index contributed by atoms with van der Waals surface area (Å²) in [6, 6.07) is 11.1. The molecule has 2 aliphatic carbocycles. The standard InChI is InChI=1S/C22H25N3O4/c26-21-12-11-17(14-5-6-14)24-25(21)16-9-7-15(8-10-16)23-22(27)20-13-28-18-3-1-2-4-19(18)29-20/h1-4,11-12,14-16,20H,5-10,13H2,(H,23,27). The molecule has 0 saturated heterocycles. The first-order valence-corrected chi connectivity index (χ1v) is 10.5. The van der Waals surface area contributed by atoms with Crippen LogP contribution in [0.3, 0.4) is 0 Å². The highest BCUT2D eigenvalue weighted by molar-refractivity contribution is 5.82. The number of nitrogens with zero attached hydrogens (tertiary/aromatic N) is 2. The van der Waals surface area contributed by atoms with Gasteiger partial charge in [0.1, 0.15) is 6.61 Å². The monoisotopic (exact) mass is 395 g/mol. The van der Waals surface area contributed by atoms with E-state index in [-0.39, 0.29) is 30.2 Å². The van der Waals surface area contributed by atoms with Gasteiger partial charge in [0.25, 0.3) is 11.5 Å². The van der Waals surface area contributed by atoms with E-state index in [1.807, 2.05) is 24.3 Å². The number of fused-ring (bicyclic) bond motifs is 1. The summed E-state index contributed by atoms with van der Waals surface area (Å²) in [6.07, 6.45) is 5.00. The Balaban J connectivity index is 1.17. The predicted molar refractivity (Wildman–Crippen MR) is 106 cm³/mol. The summed E-state index contributed by atoms with van der Waals surface area (Å²) in [6.45, 7) is 0.214. The van der Waals surface area contributed by atoms with Crippen molar-refractivity contribution < 1.29 is 14.3 Å². The fourth-order valence-corrected chi connectivity index (χ4v) is 4.21. The molecule has 3 aliphatic rings. The first kappa shape index (κ1) is 18.2. The third kappa shape index (κ3) is 3.86. The van der Waals surface area contributed by atoms with Crippen LogP contribution in [-0.4, -0.2) is 34.4 Å². The van der Waals surface area contributed by atoms with Crippen molar-refractivity contribution in [2.45, 2.75) is 62.6 Å². The lowest BCUT2D eigenvalue weighted by Crippen LogP contribution is -2.48. The highest BCUT2D eigenvalue weighted by atomic mass is 16.6. The molecule has 29 heavy (non-hydrogen) atoms. The summed E-state index contributed by atoms with van der Waals surface area (Å²) in [4.78, 5) is 24.9. The zero-order chi connectivity index (χ0) is 19.8. The Labute approximate surface area is 169 Å². The summed E-state index contributed by atoms with van der Waals surface area (Å²) >= 11 is 0. The minimum atomic E-state index is -0.637. The lowest BCUT2D eigenvalue weighted by molar-refractivity contribution is -0.131. The Bertz CT molecular complexity index is 961. The SMILES string of the molecule is O=C(NC1CCC(n2nc(C3CC3)ccc2=O)CC1)C1COc2ccccc2O1. The molecule has 7 nitrogen and oxygen atoms in total. The molecule has 152 valence electrons. The van der Waals surface area contributed by atoms with E-state index in [0.29, 0.717) is 17.4 Å². The number of carbonyl (C=O) groups excluding carboxylic acids is 1. The van der Waals surface area contributed by atoms with E-state index in [1.54, 1.807) is 16.8 Å². The smallest absolute Gasteiger partial charge is 0.267 e. The Hall–Kier alpha value is -2.83. The average Bonchev–Trinajstić information content (AvgIpc) is 3.60. The summed E-state index contributed by atoms with van der Waals surface area (Å²) in [7, 11) is 0. The van der Waals surface area contributed by atoms with E-state index in [9.17, 15) is 9.59 Å². The number of amides is 1. The van der Waals surface area contributed by atoms with Gasteiger partial charge in [-0.25, -0.2) is 4.68 Å². The van der Waals surface area contributed by atoms with Gasteiger partial charge in [-0.1, -0.05) is 12.1 Å². The Kier molecular flexibility index (Phi) is 4.73. The van der Waals surface area contributed by atoms with Crippen molar-refractivity contribution in [3.63, 3.8) is 0 Å². The maximum absolute atomic E-state index is 12.6. The van der Waals surface area contributed by atoms with Gasteiger partial charge in [-0.2, -0.15) is 5.10 Å². The molecule has 1 unspecified atom stereocenters. The number of hydrogen-bond donors (Lipinski definition) is 1. The Morgan fingerprint density at radius 2 is 1.76 bits per heavy atom. The molecule has 1 atom stereocenters. The second kappa shape index (κ2) is 7.54. The molecule has 1 N–H and O–H groups in total. The fraction of sp³-hybridized carbons (Fsp3) is 0.500. The number of carbonyl (C=O) groups is 1. The van der Waals surface area contributed by atoms with Gasteiger partial charge in [0.05, 0.1) is 11.7 Å². The van der Waals surface area contributed by atoms with Crippen molar-refractivity contribution in [2.24, 2.45) is 0 Å². The van der Waals surface area contributed by atoms with Crippen molar-refractivity contribution in [1.82, 2.24) is 15.1 Å². The van der Waals surface area contributed by atoms with Crippen molar-refractivity contribution in [1.29, 1.82) is 0 Å². The minimum absolute atomic E-state index is 0.0340. The summed E-state index contributed by atoms with van der Waals surface area (Å²) in [5, 5.41) is 7.71. The van der Waals surface area contributed by atoms with E-state index < -0.39 is 6.10 Å². The summed E-state index contributed by atoms with van der Waals surface area (Å²) < 4.78 is 13.1. The van der Waals surface area contributed by atoms with Crippen LogP contribution in [0.15, 0.2) is 41.2 Å². The number of rotatable bonds is 4. The maximum Gasteiger partial charge on any atom is 0.267 e. The topological polar surface area (TPSA) is 82.5 Å². The van der Waals surface area contributed by atoms with Gasteiger partial charge >= 0.3 is 0 Å². The molecule has 0 radical (unpaired) electrons. The Morgan fingerprint density at radius 1 is 1.00 bits per heavy atom. The highest BCUT2D eigenvalue weighted by Crippen LogP contribution is 2.39. The molecule has 2 heterocycles. The molecule has 0 spiro atoms. The van der Waals surface area contributed by atoms with Crippen LogP contribution in [-0.2, 0) is 4.79 Å².